The van der Waals surface area contributed by atoms with Gasteiger partial charge in [-0.2, -0.15) is 8.42 Å². The molecule has 0 spiro atoms. The predicted octanol–water partition coefficient (Wildman–Crippen LogP) is 6.52. The molecule has 0 aliphatic carbocycles. The fraction of sp³-hybridized carbons (Fsp3) is 0.833. The van der Waals surface area contributed by atoms with Gasteiger partial charge in [-0.15, -0.1) is 0 Å². The second-order valence-electron chi connectivity index (χ2n) is 15.1. The maximum Gasteiger partial charge on any atom is 0.397 e. The van der Waals surface area contributed by atoms with E-state index in [0.717, 1.165) is 57.8 Å². The Hall–Kier alpha value is -1.72. The summed E-state index contributed by atoms with van der Waals surface area (Å²) in [6.07, 6.45) is 25.4. The van der Waals surface area contributed by atoms with E-state index in [9.17, 15) is 38.7 Å². The molecule has 328 valence electrons. The third kappa shape index (κ3) is 25.6. The summed E-state index contributed by atoms with van der Waals surface area (Å²) in [6, 6.07) is -1.14. The van der Waals surface area contributed by atoms with E-state index in [-0.39, 0.29) is 6.42 Å². The lowest BCUT2D eigenvalue weighted by Crippen LogP contribution is -2.61. The number of carbonyl (C=O) groups is 1. The molecule has 0 bridgehead atoms. The Balaban J connectivity index is 2.65. The van der Waals surface area contributed by atoms with Gasteiger partial charge in [0, 0.05) is 0 Å². The van der Waals surface area contributed by atoms with Crippen LogP contribution in [0.2, 0.25) is 0 Å². The summed E-state index contributed by atoms with van der Waals surface area (Å²) in [5, 5.41) is 54.9. The van der Waals surface area contributed by atoms with Crippen LogP contribution in [0.4, 0.5) is 0 Å². The minimum absolute atomic E-state index is 0.214. The van der Waals surface area contributed by atoms with Crippen molar-refractivity contribution in [3.05, 3.63) is 36.5 Å². The average Bonchev–Trinajstić information content (AvgIpc) is 3.16. The molecule has 1 aliphatic rings. The van der Waals surface area contributed by atoms with E-state index >= 15 is 0 Å². The number of allylic oxidation sites excluding steroid dienone is 5. The normalized spacial score (nSPS) is 22.3. The van der Waals surface area contributed by atoms with Crippen LogP contribution in [0, 0.1) is 0 Å². The van der Waals surface area contributed by atoms with Crippen LogP contribution in [0.1, 0.15) is 162 Å². The molecule has 1 rings (SSSR count). The van der Waals surface area contributed by atoms with E-state index in [2.05, 4.69) is 47.7 Å². The SMILES string of the molecule is CCCC/C=C\CCCCCC(O)C(=O)NC(COC1OC(CO)C(O)C(OS(=O)(=O)O)C1O)C(O)/C=C/CC/C=C/CCCCCCCCCCCCCC. The lowest BCUT2D eigenvalue weighted by atomic mass is 9.99. The van der Waals surface area contributed by atoms with Crippen LogP contribution in [0.15, 0.2) is 36.5 Å². The van der Waals surface area contributed by atoms with Crippen molar-refractivity contribution >= 4 is 16.3 Å². The van der Waals surface area contributed by atoms with Gasteiger partial charge in [0.2, 0.25) is 5.91 Å². The van der Waals surface area contributed by atoms with E-state index < -0.39 is 78.5 Å². The van der Waals surface area contributed by atoms with E-state index in [4.69, 9.17) is 14.0 Å². The number of hydrogen-bond acceptors (Lipinski definition) is 11. The van der Waals surface area contributed by atoms with Crippen LogP contribution in [0.3, 0.4) is 0 Å². The Kier molecular flexibility index (Phi) is 31.0. The number of ether oxygens (including phenoxy) is 2. The molecule has 1 fully saturated rings. The molecule has 0 aromatic carbocycles. The molecule has 56 heavy (non-hydrogen) atoms. The van der Waals surface area contributed by atoms with Crippen LogP contribution in [0.5, 0.6) is 0 Å². The topological polar surface area (TPSA) is 212 Å². The second kappa shape index (κ2) is 33.1. The van der Waals surface area contributed by atoms with Crippen molar-refractivity contribution in [3.63, 3.8) is 0 Å². The van der Waals surface area contributed by atoms with E-state index in [1.807, 2.05) is 0 Å². The molecule has 1 saturated heterocycles. The van der Waals surface area contributed by atoms with Gasteiger partial charge in [-0.3, -0.25) is 9.35 Å². The molecule has 0 aromatic rings. The van der Waals surface area contributed by atoms with Crippen LogP contribution in [-0.2, 0) is 28.9 Å². The smallest absolute Gasteiger partial charge is 0.394 e. The molecule has 0 radical (unpaired) electrons. The molecule has 0 aromatic heterocycles. The van der Waals surface area contributed by atoms with Crippen LogP contribution in [-0.4, -0.2) is 107 Å². The van der Waals surface area contributed by atoms with Crippen LogP contribution >= 0.6 is 0 Å². The summed E-state index contributed by atoms with van der Waals surface area (Å²) >= 11 is 0. The van der Waals surface area contributed by atoms with Crippen LogP contribution < -0.4 is 5.32 Å². The number of aliphatic hydroxyl groups is 5. The zero-order chi connectivity index (χ0) is 41.4. The first-order valence-corrected chi connectivity index (χ1v) is 22.8. The number of unbranched alkanes of at least 4 members (excludes halogenated alkanes) is 18. The highest BCUT2D eigenvalue weighted by molar-refractivity contribution is 7.80. The summed E-state index contributed by atoms with van der Waals surface area (Å²) in [5.74, 6) is -0.729. The lowest BCUT2D eigenvalue weighted by Gasteiger charge is -2.41. The van der Waals surface area contributed by atoms with Crippen molar-refractivity contribution in [1.29, 1.82) is 0 Å². The largest absolute Gasteiger partial charge is 0.397 e. The third-order valence-electron chi connectivity index (χ3n) is 10.0. The highest BCUT2D eigenvalue weighted by atomic mass is 32.3. The number of rotatable bonds is 35. The summed E-state index contributed by atoms with van der Waals surface area (Å²) < 4.78 is 47.3. The van der Waals surface area contributed by atoms with Crippen molar-refractivity contribution in [2.24, 2.45) is 0 Å². The fourth-order valence-corrected chi connectivity index (χ4v) is 7.02. The van der Waals surface area contributed by atoms with Crippen molar-refractivity contribution in [3.8, 4) is 0 Å². The standard InChI is InChI=1S/C42H77NO12S/c1-3-5-7-9-11-13-14-15-16-17-18-19-20-21-23-24-26-28-30-35(45)34(43-41(49)36(46)31-29-27-25-22-12-10-8-6-4-2)33-53-42-39(48)40(55-56(50,51)52)38(47)37(32-44)54-42/h10,12,21,23,28,30,34-40,42,44-48H,3-9,11,13-20,22,24-27,29,31-33H2,1-2H3,(H,43,49)(H,50,51,52)/b12-10-,23-21+,30-28+. The highest BCUT2D eigenvalue weighted by Gasteiger charge is 2.48. The summed E-state index contributed by atoms with van der Waals surface area (Å²) in [5.41, 5.74) is 0. The monoisotopic (exact) mass is 820 g/mol. The molecule has 1 amide bonds. The highest BCUT2D eigenvalue weighted by Crippen LogP contribution is 2.26. The van der Waals surface area contributed by atoms with Gasteiger partial charge in [-0.1, -0.05) is 147 Å². The fourth-order valence-electron chi connectivity index (χ4n) is 6.51. The van der Waals surface area contributed by atoms with Crippen molar-refractivity contribution < 1.29 is 57.0 Å². The molecule has 14 heteroatoms. The maximum absolute atomic E-state index is 13.0. The second-order valence-corrected chi connectivity index (χ2v) is 16.1. The Bertz CT molecular complexity index is 1170. The quantitative estimate of drug-likeness (QED) is 0.0207. The summed E-state index contributed by atoms with van der Waals surface area (Å²) in [4.78, 5) is 13.0. The predicted molar refractivity (Wildman–Crippen MR) is 219 cm³/mol. The van der Waals surface area contributed by atoms with Crippen molar-refractivity contribution in [1.82, 2.24) is 5.32 Å². The van der Waals surface area contributed by atoms with Gasteiger partial charge in [-0.05, 0) is 51.4 Å². The molecular weight excluding hydrogens is 743 g/mol. The average molecular weight is 820 g/mol. The van der Waals surface area contributed by atoms with Gasteiger partial charge in [0.25, 0.3) is 0 Å². The van der Waals surface area contributed by atoms with Crippen molar-refractivity contribution in [2.45, 2.75) is 210 Å². The van der Waals surface area contributed by atoms with E-state index in [1.54, 1.807) is 6.08 Å². The van der Waals surface area contributed by atoms with Gasteiger partial charge >= 0.3 is 10.4 Å². The van der Waals surface area contributed by atoms with Gasteiger partial charge in [-0.25, -0.2) is 4.18 Å². The minimum atomic E-state index is -5.12. The molecule has 8 unspecified atom stereocenters. The molecule has 7 N–H and O–H groups in total. The Labute approximate surface area is 337 Å². The third-order valence-corrected chi connectivity index (χ3v) is 10.5. The van der Waals surface area contributed by atoms with E-state index in [0.29, 0.717) is 12.8 Å². The van der Waals surface area contributed by atoms with Gasteiger partial charge in [0.1, 0.15) is 30.5 Å². The first-order valence-electron chi connectivity index (χ1n) is 21.5. The lowest BCUT2D eigenvalue weighted by molar-refractivity contribution is -0.298. The van der Waals surface area contributed by atoms with Gasteiger partial charge < -0.3 is 40.3 Å². The molecule has 8 atom stereocenters. The molecule has 0 saturated carbocycles. The Morgan fingerprint density at radius 2 is 1.21 bits per heavy atom. The first kappa shape index (κ1) is 52.3. The van der Waals surface area contributed by atoms with Crippen molar-refractivity contribution in [2.75, 3.05) is 13.2 Å². The Morgan fingerprint density at radius 3 is 1.77 bits per heavy atom. The van der Waals surface area contributed by atoms with Gasteiger partial charge in [0.05, 0.1) is 25.4 Å². The Morgan fingerprint density at radius 1 is 0.714 bits per heavy atom. The zero-order valence-electron chi connectivity index (χ0n) is 34.3. The molecule has 1 heterocycles. The first-order chi connectivity index (χ1) is 26.9. The van der Waals surface area contributed by atoms with Gasteiger partial charge in [0.15, 0.2) is 6.29 Å². The number of amides is 1. The molecule has 1 aliphatic heterocycles. The minimum Gasteiger partial charge on any atom is -0.394 e. The van der Waals surface area contributed by atoms with Crippen LogP contribution in [0.25, 0.3) is 0 Å². The number of aliphatic hydroxyl groups excluding tert-OH is 5. The van der Waals surface area contributed by atoms with E-state index in [1.165, 1.54) is 76.7 Å². The zero-order valence-corrected chi connectivity index (χ0v) is 35.1. The summed E-state index contributed by atoms with van der Waals surface area (Å²) in [7, 11) is -5.12. The number of nitrogens with one attached hydrogen (secondary N) is 1. The molecule has 13 nitrogen and oxygen atoms in total. The molecular formula is C42H77NO12S. The summed E-state index contributed by atoms with van der Waals surface area (Å²) in [6.45, 7) is 3.11. The maximum atomic E-state index is 13.0. The number of hydrogen-bond donors (Lipinski definition) is 7. The number of carbonyl (C=O) groups excluding carboxylic acids is 1.